The molecule has 2 heterocycles. The van der Waals surface area contributed by atoms with E-state index in [0.29, 0.717) is 0 Å². The number of aryl methyl sites for hydroxylation is 1. The highest BCUT2D eigenvalue weighted by atomic mass is 14.7. The first-order valence-corrected chi connectivity index (χ1v) is 16.1. The highest BCUT2D eigenvalue weighted by Gasteiger charge is 2.14. The molecular formula is C45H30N2. The molecular weight excluding hydrogens is 569 g/mol. The van der Waals surface area contributed by atoms with Gasteiger partial charge < -0.3 is 0 Å². The molecule has 9 rings (SSSR count). The molecule has 0 radical (unpaired) electrons. The maximum Gasteiger partial charge on any atom is 0.0716 e. The molecule has 0 saturated carbocycles. The molecule has 47 heavy (non-hydrogen) atoms. The van der Waals surface area contributed by atoms with Gasteiger partial charge in [0.05, 0.1) is 22.4 Å². The Balaban J connectivity index is 1.25. The van der Waals surface area contributed by atoms with Crippen molar-refractivity contribution in [2.75, 3.05) is 0 Å². The van der Waals surface area contributed by atoms with Crippen molar-refractivity contribution in [3.05, 3.63) is 169 Å². The Hall–Kier alpha value is -6.12. The van der Waals surface area contributed by atoms with Crippen LogP contribution in [0, 0.1) is 6.92 Å². The van der Waals surface area contributed by atoms with Crippen LogP contribution in [0.15, 0.2) is 164 Å². The number of hydrogen-bond acceptors (Lipinski definition) is 2. The summed E-state index contributed by atoms with van der Waals surface area (Å²) in [6.45, 7) is 2.20. The molecule has 0 saturated heterocycles. The van der Waals surface area contributed by atoms with E-state index < -0.39 is 0 Å². The Morgan fingerprint density at radius 2 is 1.02 bits per heavy atom. The molecule has 0 aliphatic rings. The van der Waals surface area contributed by atoms with Gasteiger partial charge in [-0.1, -0.05) is 115 Å². The Bertz CT molecular complexity index is 2650. The van der Waals surface area contributed by atoms with Crippen molar-refractivity contribution in [1.29, 1.82) is 0 Å². The lowest BCUT2D eigenvalue weighted by molar-refractivity contribution is 1.39. The fourth-order valence-electron chi connectivity index (χ4n) is 6.88. The van der Waals surface area contributed by atoms with Crippen LogP contribution in [0.25, 0.3) is 88.1 Å². The van der Waals surface area contributed by atoms with Crippen LogP contribution in [0.5, 0.6) is 0 Å². The zero-order chi connectivity index (χ0) is 31.3. The zero-order valence-corrected chi connectivity index (χ0v) is 26.0. The summed E-state index contributed by atoms with van der Waals surface area (Å²) in [5.41, 5.74) is 12.0. The molecule has 0 spiro atoms. The van der Waals surface area contributed by atoms with E-state index in [1.165, 1.54) is 38.2 Å². The van der Waals surface area contributed by atoms with E-state index >= 15 is 0 Å². The van der Waals surface area contributed by atoms with Crippen molar-refractivity contribution >= 4 is 43.4 Å². The summed E-state index contributed by atoms with van der Waals surface area (Å²) in [4.78, 5) is 10.3. The van der Waals surface area contributed by atoms with Crippen LogP contribution in [0.4, 0.5) is 0 Å². The largest absolute Gasteiger partial charge is 0.248 e. The number of nitrogens with zero attached hydrogens (tertiary/aromatic N) is 2. The normalized spacial score (nSPS) is 11.5. The van der Waals surface area contributed by atoms with Crippen molar-refractivity contribution in [2.24, 2.45) is 0 Å². The fourth-order valence-corrected chi connectivity index (χ4v) is 6.88. The third kappa shape index (κ3) is 4.92. The van der Waals surface area contributed by atoms with E-state index in [9.17, 15) is 0 Å². The Kier molecular flexibility index (Phi) is 6.39. The number of benzene rings is 7. The van der Waals surface area contributed by atoms with Gasteiger partial charge in [-0.15, -0.1) is 0 Å². The predicted molar refractivity (Wildman–Crippen MR) is 199 cm³/mol. The molecule has 0 bridgehead atoms. The highest BCUT2D eigenvalue weighted by Crippen LogP contribution is 2.37. The number of rotatable bonds is 4. The lowest BCUT2D eigenvalue weighted by Crippen LogP contribution is -1.92. The molecule has 2 aromatic heterocycles. The van der Waals surface area contributed by atoms with Gasteiger partial charge in [-0.25, -0.2) is 9.97 Å². The number of para-hydroxylation sites is 1. The van der Waals surface area contributed by atoms with E-state index in [-0.39, 0.29) is 0 Å². The third-order valence-corrected chi connectivity index (χ3v) is 9.32. The quantitative estimate of drug-likeness (QED) is 0.201. The van der Waals surface area contributed by atoms with Crippen molar-refractivity contribution in [1.82, 2.24) is 9.97 Å². The van der Waals surface area contributed by atoms with E-state index in [2.05, 4.69) is 165 Å². The van der Waals surface area contributed by atoms with Gasteiger partial charge in [0.25, 0.3) is 0 Å². The molecule has 9 aromatic rings. The molecule has 0 atom stereocenters. The van der Waals surface area contributed by atoms with Crippen LogP contribution in [-0.2, 0) is 0 Å². The summed E-state index contributed by atoms with van der Waals surface area (Å²) < 4.78 is 0. The van der Waals surface area contributed by atoms with Crippen LogP contribution in [0.3, 0.4) is 0 Å². The van der Waals surface area contributed by atoms with Gasteiger partial charge in [0, 0.05) is 21.9 Å². The minimum absolute atomic E-state index is 0.960. The summed E-state index contributed by atoms with van der Waals surface area (Å²) in [5, 5.41) is 7.25. The van der Waals surface area contributed by atoms with Gasteiger partial charge in [-0.3, -0.25) is 0 Å². The minimum atomic E-state index is 0.960. The zero-order valence-electron chi connectivity index (χ0n) is 26.0. The highest BCUT2D eigenvalue weighted by molar-refractivity contribution is 6.01. The Labute approximate surface area is 273 Å². The molecule has 2 heteroatoms. The smallest absolute Gasteiger partial charge is 0.0716 e. The first-order chi connectivity index (χ1) is 23.2. The molecule has 7 aromatic carbocycles. The first kappa shape index (κ1) is 27.2. The SMILES string of the molecule is Cc1cc(-c2ccc3nc(-c4ccc5ccccc5c4)cc(-c4cccc(-c5ccc6ccccc6n5)c4)c3c2)cc2ccccc12. The van der Waals surface area contributed by atoms with Crippen LogP contribution < -0.4 is 0 Å². The number of aromatic nitrogens is 2. The van der Waals surface area contributed by atoms with E-state index in [0.717, 1.165) is 55.4 Å². The van der Waals surface area contributed by atoms with Gasteiger partial charge in [0.2, 0.25) is 0 Å². The van der Waals surface area contributed by atoms with Crippen molar-refractivity contribution < 1.29 is 0 Å². The molecule has 0 amide bonds. The number of hydrogen-bond donors (Lipinski definition) is 0. The summed E-state index contributed by atoms with van der Waals surface area (Å²) in [7, 11) is 0. The lowest BCUT2D eigenvalue weighted by Gasteiger charge is -2.14. The van der Waals surface area contributed by atoms with Crippen LogP contribution in [0.1, 0.15) is 5.56 Å². The summed E-state index contributed by atoms with van der Waals surface area (Å²) in [6, 6.07) is 58.6. The van der Waals surface area contributed by atoms with Gasteiger partial charge >= 0.3 is 0 Å². The van der Waals surface area contributed by atoms with Crippen LogP contribution >= 0.6 is 0 Å². The molecule has 0 aliphatic heterocycles. The maximum atomic E-state index is 5.24. The summed E-state index contributed by atoms with van der Waals surface area (Å²) in [5.74, 6) is 0. The lowest BCUT2D eigenvalue weighted by atomic mass is 9.92. The van der Waals surface area contributed by atoms with Crippen molar-refractivity contribution in [3.63, 3.8) is 0 Å². The van der Waals surface area contributed by atoms with E-state index in [1.54, 1.807) is 0 Å². The van der Waals surface area contributed by atoms with Gasteiger partial charge in [-0.05, 0) is 105 Å². The summed E-state index contributed by atoms with van der Waals surface area (Å²) in [6.07, 6.45) is 0. The molecule has 0 fully saturated rings. The molecule has 220 valence electrons. The topological polar surface area (TPSA) is 25.8 Å². The van der Waals surface area contributed by atoms with Crippen molar-refractivity contribution in [2.45, 2.75) is 6.92 Å². The van der Waals surface area contributed by atoms with E-state index in [1.807, 2.05) is 6.07 Å². The third-order valence-electron chi connectivity index (χ3n) is 9.32. The maximum absolute atomic E-state index is 5.24. The molecule has 2 nitrogen and oxygen atoms in total. The van der Waals surface area contributed by atoms with Crippen molar-refractivity contribution in [3.8, 4) is 44.8 Å². The average molecular weight is 599 g/mol. The summed E-state index contributed by atoms with van der Waals surface area (Å²) >= 11 is 0. The van der Waals surface area contributed by atoms with Crippen LogP contribution in [-0.4, -0.2) is 9.97 Å². The van der Waals surface area contributed by atoms with E-state index in [4.69, 9.17) is 9.97 Å². The molecule has 0 unspecified atom stereocenters. The molecule has 0 aliphatic carbocycles. The Morgan fingerprint density at radius 3 is 1.94 bits per heavy atom. The second kappa shape index (κ2) is 11.0. The second-order valence-electron chi connectivity index (χ2n) is 12.3. The van der Waals surface area contributed by atoms with Gasteiger partial charge in [-0.2, -0.15) is 0 Å². The second-order valence-corrected chi connectivity index (χ2v) is 12.3. The fraction of sp³-hybridized carbons (Fsp3) is 0.0222. The number of pyridine rings is 2. The van der Waals surface area contributed by atoms with Gasteiger partial charge in [0.15, 0.2) is 0 Å². The standard InChI is InChI=1S/C45H30N2/c1-29-23-38(26-34-12-4-6-15-39(29)34)33-20-22-44-41(27-33)40(28-45(47-44)37-18-17-30-9-2-3-11-32(30)24-37)35-13-8-14-36(25-35)43-21-19-31-10-5-7-16-42(31)46-43/h2-28H,1H3. The molecule has 0 N–H and O–H groups in total. The minimum Gasteiger partial charge on any atom is -0.248 e. The van der Waals surface area contributed by atoms with Gasteiger partial charge in [0.1, 0.15) is 0 Å². The van der Waals surface area contributed by atoms with Crippen LogP contribution in [0.2, 0.25) is 0 Å². The average Bonchev–Trinajstić information content (AvgIpc) is 3.14. The number of fused-ring (bicyclic) bond motifs is 4. The first-order valence-electron chi connectivity index (χ1n) is 16.1. The monoisotopic (exact) mass is 598 g/mol. The predicted octanol–water partition coefficient (Wildman–Crippen LogP) is 12.1. The Morgan fingerprint density at radius 1 is 0.340 bits per heavy atom.